The summed E-state index contributed by atoms with van der Waals surface area (Å²) < 4.78 is 0. The topological polar surface area (TPSA) is 113 Å². The van der Waals surface area contributed by atoms with Crippen LogP contribution >= 0.6 is 11.6 Å². The zero-order valence-electron chi connectivity index (χ0n) is 15.1. The Bertz CT molecular complexity index is 1000. The molecule has 3 N–H and O–H groups in total. The molecule has 0 spiro atoms. The zero-order valence-corrected chi connectivity index (χ0v) is 15.8. The van der Waals surface area contributed by atoms with Gasteiger partial charge in [-0.05, 0) is 49.2 Å². The second-order valence-corrected chi connectivity index (χ2v) is 6.74. The van der Waals surface area contributed by atoms with Crippen molar-refractivity contribution in [3.05, 3.63) is 80.0 Å². The average Bonchev–Trinajstić information content (AvgIpc) is 2.64. The molecule has 0 unspecified atom stereocenters. The lowest BCUT2D eigenvalue weighted by atomic mass is 9.94. The van der Waals surface area contributed by atoms with E-state index in [9.17, 15) is 19.7 Å². The number of carbonyl (C=O) groups is 2. The van der Waals surface area contributed by atoms with Crippen molar-refractivity contribution in [3.8, 4) is 0 Å². The van der Waals surface area contributed by atoms with Gasteiger partial charge in [-0.25, -0.2) is 4.79 Å². The van der Waals surface area contributed by atoms with Crippen LogP contribution in [0, 0.1) is 17.0 Å². The molecule has 3 rings (SSSR count). The molecule has 1 atom stereocenters. The molecule has 1 aliphatic heterocycles. The van der Waals surface area contributed by atoms with Gasteiger partial charge in [-0.2, -0.15) is 0 Å². The molecule has 0 saturated carbocycles. The van der Waals surface area contributed by atoms with Crippen LogP contribution in [0.5, 0.6) is 0 Å². The van der Waals surface area contributed by atoms with Crippen LogP contribution in [0.2, 0.25) is 5.02 Å². The molecule has 0 fully saturated rings. The molecule has 0 aromatic heterocycles. The molecule has 0 bridgehead atoms. The summed E-state index contributed by atoms with van der Waals surface area (Å²) in [5, 5.41) is 19.4. The van der Waals surface area contributed by atoms with Gasteiger partial charge in [0.1, 0.15) is 0 Å². The molecule has 1 heterocycles. The maximum atomic E-state index is 12.9. The van der Waals surface area contributed by atoms with Crippen molar-refractivity contribution in [1.29, 1.82) is 0 Å². The Labute approximate surface area is 165 Å². The van der Waals surface area contributed by atoms with E-state index in [2.05, 4.69) is 16.0 Å². The molecule has 0 aliphatic carbocycles. The predicted molar refractivity (Wildman–Crippen MR) is 105 cm³/mol. The highest BCUT2D eigenvalue weighted by Crippen LogP contribution is 2.29. The van der Waals surface area contributed by atoms with E-state index in [1.54, 1.807) is 25.1 Å². The van der Waals surface area contributed by atoms with E-state index in [0.29, 0.717) is 27.5 Å². The van der Waals surface area contributed by atoms with Crippen molar-refractivity contribution in [3.63, 3.8) is 0 Å². The zero-order chi connectivity index (χ0) is 20.4. The maximum absolute atomic E-state index is 12.9. The molecule has 2 aromatic carbocycles. The number of nitro benzene ring substituents is 1. The Morgan fingerprint density at radius 2 is 1.86 bits per heavy atom. The highest BCUT2D eigenvalue weighted by Gasteiger charge is 2.31. The lowest BCUT2D eigenvalue weighted by Gasteiger charge is -2.28. The highest BCUT2D eigenvalue weighted by molar-refractivity contribution is 6.31. The summed E-state index contributed by atoms with van der Waals surface area (Å²) in [5.41, 5.74) is 2.55. The van der Waals surface area contributed by atoms with Crippen LogP contribution in [-0.4, -0.2) is 16.9 Å². The number of urea groups is 1. The Balaban J connectivity index is 1.93. The first kappa shape index (κ1) is 19.4. The molecule has 0 radical (unpaired) electrons. The third-order valence-corrected chi connectivity index (χ3v) is 4.79. The van der Waals surface area contributed by atoms with Crippen LogP contribution in [0.3, 0.4) is 0 Å². The number of nitrogens with zero attached hydrogens (tertiary/aromatic N) is 1. The van der Waals surface area contributed by atoms with Crippen LogP contribution < -0.4 is 16.0 Å². The number of aryl methyl sites for hydroxylation is 1. The first-order chi connectivity index (χ1) is 13.3. The summed E-state index contributed by atoms with van der Waals surface area (Å²) in [6.07, 6.45) is 0. The number of amides is 3. The molecular formula is C19H17ClN4O4. The minimum absolute atomic E-state index is 0.0787. The molecule has 28 heavy (non-hydrogen) atoms. The molecule has 1 aliphatic rings. The van der Waals surface area contributed by atoms with Crippen molar-refractivity contribution in [1.82, 2.24) is 10.6 Å². The van der Waals surface area contributed by atoms with Crippen molar-refractivity contribution in [2.24, 2.45) is 0 Å². The number of rotatable bonds is 4. The monoisotopic (exact) mass is 400 g/mol. The normalized spacial score (nSPS) is 16.2. The molecule has 3 amide bonds. The van der Waals surface area contributed by atoms with Crippen molar-refractivity contribution in [2.75, 3.05) is 5.32 Å². The van der Waals surface area contributed by atoms with Crippen molar-refractivity contribution < 1.29 is 14.5 Å². The number of carbonyl (C=O) groups excluding carboxylic acids is 2. The number of allylic oxidation sites excluding steroid dienone is 1. The lowest BCUT2D eigenvalue weighted by molar-refractivity contribution is -0.384. The van der Waals surface area contributed by atoms with E-state index >= 15 is 0 Å². The number of halogens is 1. The molecule has 0 saturated heterocycles. The van der Waals surface area contributed by atoms with Gasteiger partial charge in [0.05, 0.1) is 16.5 Å². The van der Waals surface area contributed by atoms with E-state index in [4.69, 9.17) is 11.6 Å². The van der Waals surface area contributed by atoms with Gasteiger partial charge in [0.2, 0.25) is 0 Å². The lowest BCUT2D eigenvalue weighted by Crippen LogP contribution is -2.45. The summed E-state index contributed by atoms with van der Waals surface area (Å²) in [5.74, 6) is -0.423. The van der Waals surface area contributed by atoms with Crippen LogP contribution in [0.25, 0.3) is 0 Å². The summed E-state index contributed by atoms with van der Waals surface area (Å²) in [6.45, 7) is 3.47. The number of hydrogen-bond donors (Lipinski definition) is 3. The smallest absolute Gasteiger partial charge is 0.319 e. The summed E-state index contributed by atoms with van der Waals surface area (Å²) >= 11 is 6.11. The second-order valence-electron chi connectivity index (χ2n) is 6.34. The van der Waals surface area contributed by atoms with Crippen LogP contribution in [0.15, 0.2) is 53.7 Å². The van der Waals surface area contributed by atoms with E-state index in [0.717, 1.165) is 5.56 Å². The predicted octanol–water partition coefficient (Wildman–Crippen LogP) is 3.82. The Hall–Kier alpha value is -3.39. The van der Waals surface area contributed by atoms with Crippen LogP contribution in [0.1, 0.15) is 24.1 Å². The summed E-state index contributed by atoms with van der Waals surface area (Å²) in [7, 11) is 0. The Kier molecular flexibility index (Phi) is 5.32. The molecule has 9 heteroatoms. The number of benzene rings is 2. The SMILES string of the molecule is CC1=C(C(=O)Nc2ccc(C)c(Cl)c2)[C@H](c2ccc([N+](=O)[O-])cc2)NC(=O)N1. The standard InChI is InChI=1S/C19H17ClN4O4/c1-10-3-6-13(9-15(10)20)22-18(25)16-11(2)21-19(26)23-17(16)12-4-7-14(8-5-12)24(27)28/h3-9,17H,1-2H3,(H,22,25)(H2,21,23,26)/t17-/m0/s1. The molecule has 8 nitrogen and oxygen atoms in total. The van der Waals surface area contributed by atoms with Gasteiger partial charge in [0.25, 0.3) is 11.6 Å². The molecule has 2 aromatic rings. The van der Waals surface area contributed by atoms with Gasteiger partial charge in [0, 0.05) is 28.5 Å². The number of non-ortho nitro benzene ring substituents is 1. The number of hydrogen-bond acceptors (Lipinski definition) is 4. The van der Waals surface area contributed by atoms with E-state index in [-0.39, 0.29) is 5.69 Å². The van der Waals surface area contributed by atoms with E-state index in [1.165, 1.54) is 24.3 Å². The minimum atomic E-state index is -0.754. The fourth-order valence-electron chi connectivity index (χ4n) is 2.90. The van der Waals surface area contributed by atoms with Gasteiger partial charge in [-0.15, -0.1) is 0 Å². The molecular weight excluding hydrogens is 384 g/mol. The van der Waals surface area contributed by atoms with Gasteiger partial charge in [-0.3, -0.25) is 14.9 Å². The van der Waals surface area contributed by atoms with E-state index in [1.807, 2.05) is 6.92 Å². The first-order valence-corrected chi connectivity index (χ1v) is 8.74. The van der Waals surface area contributed by atoms with Crippen LogP contribution in [-0.2, 0) is 4.79 Å². The largest absolute Gasteiger partial charge is 0.327 e. The molecule has 144 valence electrons. The van der Waals surface area contributed by atoms with Crippen molar-refractivity contribution >= 4 is 34.9 Å². The number of nitro groups is 1. The Morgan fingerprint density at radius 1 is 1.18 bits per heavy atom. The third-order valence-electron chi connectivity index (χ3n) is 4.38. The van der Waals surface area contributed by atoms with Gasteiger partial charge in [0.15, 0.2) is 0 Å². The van der Waals surface area contributed by atoms with Crippen molar-refractivity contribution in [2.45, 2.75) is 19.9 Å². The fourth-order valence-corrected chi connectivity index (χ4v) is 3.08. The summed E-state index contributed by atoms with van der Waals surface area (Å²) in [4.78, 5) is 35.2. The third kappa shape index (κ3) is 3.96. The maximum Gasteiger partial charge on any atom is 0.319 e. The van der Waals surface area contributed by atoms with Crippen LogP contribution in [0.4, 0.5) is 16.2 Å². The fraction of sp³-hybridized carbons (Fsp3) is 0.158. The second kappa shape index (κ2) is 7.69. The van der Waals surface area contributed by atoms with Gasteiger partial charge < -0.3 is 16.0 Å². The summed E-state index contributed by atoms with van der Waals surface area (Å²) in [6, 6.07) is 9.61. The van der Waals surface area contributed by atoms with Gasteiger partial charge >= 0.3 is 6.03 Å². The minimum Gasteiger partial charge on any atom is -0.327 e. The first-order valence-electron chi connectivity index (χ1n) is 8.36. The number of nitrogens with one attached hydrogen (secondary N) is 3. The Morgan fingerprint density at radius 3 is 2.46 bits per heavy atom. The van der Waals surface area contributed by atoms with Gasteiger partial charge in [-0.1, -0.05) is 17.7 Å². The quantitative estimate of drug-likeness (QED) is 0.534. The number of anilines is 1. The van der Waals surface area contributed by atoms with E-state index < -0.39 is 22.9 Å². The average molecular weight is 401 g/mol. The highest BCUT2D eigenvalue weighted by atomic mass is 35.5.